The molecule has 2 unspecified atom stereocenters. The fourth-order valence-electron chi connectivity index (χ4n) is 2.39. The molecule has 0 bridgehead atoms. The summed E-state index contributed by atoms with van der Waals surface area (Å²) < 4.78 is 48.1. The van der Waals surface area contributed by atoms with Crippen LogP contribution < -0.4 is 0 Å². The molecule has 1 fully saturated rings. The number of furan rings is 1. The van der Waals surface area contributed by atoms with E-state index >= 15 is 0 Å². The zero-order valence-corrected chi connectivity index (χ0v) is 11.4. The third-order valence-electron chi connectivity index (χ3n) is 3.62. The van der Waals surface area contributed by atoms with Crippen molar-refractivity contribution in [2.24, 2.45) is 5.92 Å². The minimum atomic E-state index is -4.49. The molecule has 0 spiro atoms. The van der Waals surface area contributed by atoms with Crippen LogP contribution in [0.25, 0.3) is 0 Å². The van der Waals surface area contributed by atoms with Crippen molar-refractivity contribution in [2.45, 2.75) is 24.9 Å². The van der Waals surface area contributed by atoms with Gasteiger partial charge in [0.05, 0.1) is 25.0 Å². The molecule has 2 atom stereocenters. The molecule has 1 saturated carbocycles. The zero-order valence-electron chi connectivity index (χ0n) is 11.4. The Morgan fingerprint density at radius 3 is 3.00 bits per heavy atom. The number of nitrogens with zero attached hydrogens (tertiary/aromatic N) is 1. The Kier molecular flexibility index (Phi) is 3.67. The summed E-state index contributed by atoms with van der Waals surface area (Å²) in [6, 6.07) is 3.53. The van der Waals surface area contributed by atoms with Gasteiger partial charge in [-0.15, -0.1) is 0 Å². The van der Waals surface area contributed by atoms with Gasteiger partial charge < -0.3 is 9.15 Å². The van der Waals surface area contributed by atoms with Crippen LogP contribution in [0.1, 0.15) is 29.4 Å². The maximum absolute atomic E-state index is 12.6. The van der Waals surface area contributed by atoms with Gasteiger partial charge in [-0.2, -0.15) is 18.3 Å². The van der Waals surface area contributed by atoms with Gasteiger partial charge in [0.25, 0.3) is 0 Å². The van der Waals surface area contributed by atoms with E-state index in [1.165, 1.54) is 6.26 Å². The van der Waals surface area contributed by atoms with E-state index in [2.05, 4.69) is 5.10 Å². The molecule has 0 saturated heterocycles. The van der Waals surface area contributed by atoms with E-state index < -0.39 is 17.8 Å². The number of ether oxygens (including phenoxy) is 1. The average Bonchev–Trinajstić information content (AvgIpc) is 2.90. The van der Waals surface area contributed by atoms with Gasteiger partial charge in [-0.25, -0.2) is 0 Å². The number of H-pyrrole nitrogens is 1. The van der Waals surface area contributed by atoms with E-state index in [4.69, 9.17) is 9.15 Å². The predicted molar refractivity (Wildman–Crippen MR) is 67.8 cm³/mol. The van der Waals surface area contributed by atoms with Crippen LogP contribution in [0.2, 0.25) is 0 Å². The summed E-state index contributed by atoms with van der Waals surface area (Å²) in [5.74, 6) is 0.0781. The van der Waals surface area contributed by atoms with Crippen molar-refractivity contribution >= 4 is 5.97 Å². The number of hydrogen-bond acceptors (Lipinski definition) is 4. The van der Waals surface area contributed by atoms with Gasteiger partial charge in [-0.05, 0) is 18.6 Å². The molecular formula is C14H13F3N2O3. The summed E-state index contributed by atoms with van der Waals surface area (Å²) in [5.41, 5.74) is -0.915. The predicted octanol–water partition coefficient (Wildman–Crippen LogP) is 2.91. The second-order valence-corrected chi connectivity index (χ2v) is 5.15. The number of alkyl halides is 3. The van der Waals surface area contributed by atoms with Crippen molar-refractivity contribution in [2.75, 3.05) is 6.61 Å². The van der Waals surface area contributed by atoms with Crippen LogP contribution in [0.15, 0.2) is 29.0 Å². The second-order valence-electron chi connectivity index (χ2n) is 5.15. The van der Waals surface area contributed by atoms with E-state index in [0.29, 0.717) is 6.42 Å². The number of rotatable bonds is 5. The van der Waals surface area contributed by atoms with Gasteiger partial charge in [0.1, 0.15) is 11.5 Å². The fourth-order valence-corrected chi connectivity index (χ4v) is 2.39. The Labute approximate surface area is 123 Å². The molecule has 1 aliphatic rings. The van der Waals surface area contributed by atoms with Crippen molar-refractivity contribution in [1.29, 1.82) is 0 Å². The van der Waals surface area contributed by atoms with Gasteiger partial charge >= 0.3 is 12.1 Å². The maximum atomic E-state index is 12.6. The third-order valence-corrected chi connectivity index (χ3v) is 3.62. The third kappa shape index (κ3) is 3.00. The second kappa shape index (κ2) is 5.51. The Morgan fingerprint density at radius 1 is 1.50 bits per heavy atom. The molecule has 22 heavy (non-hydrogen) atoms. The molecule has 0 aliphatic heterocycles. The molecule has 2 aromatic heterocycles. The largest absolute Gasteiger partial charge is 0.469 e. The molecule has 5 nitrogen and oxygen atoms in total. The van der Waals surface area contributed by atoms with Gasteiger partial charge in [0.15, 0.2) is 0 Å². The van der Waals surface area contributed by atoms with Crippen LogP contribution in [0.3, 0.4) is 0 Å². The SMILES string of the molecule is O=C(OCCc1cn[nH]c1C(F)(F)F)C1CC1c1ccco1. The molecule has 1 N–H and O–H groups in total. The minimum Gasteiger partial charge on any atom is -0.469 e. The molecule has 3 rings (SSSR count). The summed E-state index contributed by atoms with van der Waals surface area (Å²) >= 11 is 0. The maximum Gasteiger partial charge on any atom is 0.433 e. The molecule has 0 amide bonds. The van der Waals surface area contributed by atoms with E-state index in [-0.39, 0.29) is 30.4 Å². The van der Waals surface area contributed by atoms with E-state index in [1.807, 2.05) is 5.10 Å². The Morgan fingerprint density at radius 2 is 2.32 bits per heavy atom. The number of nitrogens with one attached hydrogen (secondary N) is 1. The summed E-state index contributed by atoms with van der Waals surface area (Å²) in [4.78, 5) is 11.8. The Bertz CT molecular complexity index is 649. The molecule has 1 aliphatic carbocycles. The van der Waals surface area contributed by atoms with Crippen molar-refractivity contribution in [3.05, 3.63) is 41.6 Å². The molecule has 8 heteroatoms. The summed E-state index contributed by atoms with van der Waals surface area (Å²) in [7, 11) is 0. The monoisotopic (exact) mass is 314 g/mol. The first-order valence-electron chi connectivity index (χ1n) is 6.76. The highest BCUT2D eigenvalue weighted by Crippen LogP contribution is 2.48. The summed E-state index contributed by atoms with van der Waals surface area (Å²) in [6.45, 7) is -0.108. The molecule has 0 aromatic carbocycles. The van der Waals surface area contributed by atoms with Crippen molar-refractivity contribution in [3.63, 3.8) is 0 Å². The minimum absolute atomic E-state index is 0.0151. The van der Waals surface area contributed by atoms with Crippen molar-refractivity contribution < 1.29 is 27.1 Å². The van der Waals surface area contributed by atoms with Crippen LogP contribution in [-0.4, -0.2) is 22.8 Å². The number of esters is 1. The lowest BCUT2D eigenvalue weighted by Gasteiger charge is -2.07. The molecule has 2 heterocycles. The number of aromatic amines is 1. The highest BCUT2D eigenvalue weighted by atomic mass is 19.4. The lowest BCUT2D eigenvalue weighted by Crippen LogP contribution is -2.13. The van der Waals surface area contributed by atoms with E-state index in [1.54, 1.807) is 12.1 Å². The summed E-state index contributed by atoms with van der Waals surface area (Å²) in [5, 5.41) is 5.30. The molecule has 0 radical (unpaired) electrons. The first-order chi connectivity index (χ1) is 10.5. The van der Waals surface area contributed by atoms with Crippen molar-refractivity contribution in [1.82, 2.24) is 10.2 Å². The Balaban J connectivity index is 1.48. The van der Waals surface area contributed by atoms with Crippen LogP contribution in [0.5, 0.6) is 0 Å². The topological polar surface area (TPSA) is 68.1 Å². The van der Waals surface area contributed by atoms with Gasteiger partial charge in [0.2, 0.25) is 0 Å². The quantitative estimate of drug-likeness (QED) is 0.862. The molecule has 2 aromatic rings. The fraction of sp³-hybridized carbons (Fsp3) is 0.429. The van der Waals surface area contributed by atoms with Crippen LogP contribution in [0, 0.1) is 5.92 Å². The molecule has 118 valence electrons. The number of hydrogen-bond donors (Lipinski definition) is 1. The number of aromatic nitrogens is 2. The smallest absolute Gasteiger partial charge is 0.433 e. The first-order valence-corrected chi connectivity index (χ1v) is 6.76. The van der Waals surface area contributed by atoms with Gasteiger partial charge in [-0.3, -0.25) is 9.89 Å². The normalized spacial score (nSPS) is 20.9. The highest BCUT2D eigenvalue weighted by molar-refractivity contribution is 5.77. The van der Waals surface area contributed by atoms with E-state index in [9.17, 15) is 18.0 Å². The van der Waals surface area contributed by atoms with Gasteiger partial charge in [-0.1, -0.05) is 0 Å². The lowest BCUT2D eigenvalue weighted by atomic mass is 10.2. The number of carbonyl (C=O) groups excluding carboxylic acids is 1. The number of carbonyl (C=O) groups is 1. The van der Waals surface area contributed by atoms with E-state index in [0.717, 1.165) is 12.0 Å². The van der Waals surface area contributed by atoms with Crippen LogP contribution in [0.4, 0.5) is 13.2 Å². The summed E-state index contributed by atoms with van der Waals surface area (Å²) in [6.07, 6.45) is -1.25. The first kappa shape index (κ1) is 14.7. The van der Waals surface area contributed by atoms with Gasteiger partial charge in [0, 0.05) is 17.9 Å². The standard InChI is InChI=1S/C14H13F3N2O3/c15-14(16,17)12-8(7-18-19-12)3-5-22-13(20)10-6-9(10)11-2-1-4-21-11/h1-2,4,7,9-10H,3,5-6H2,(H,18,19). The Hall–Kier alpha value is -2.25. The zero-order chi connectivity index (χ0) is 15.7. The lowest BCUT2D eigenvalue weighted by molar-refractivity contribution is -0.145. The molecular weight excluding hydrogens is 301 g/mol. The van der Waals surface area contributed by atoms with Crippen molar-refractivity contribution in [3.8, 4) is 0 Å². The van der Waals surface area contributed by atoms with Crippen LogP contribution in [-0.2, 0) is 22.1 Å². The number of halogens is 3. The average molecular weight is 314 g/mol. The van der Waals surface area contributed by atoms with Crippen LogP contribution >= 0.6 is 0 Å². The highest BCUT2D eigenvalue weighted by Gasteiger charge is 2.47.